The summed E-state index contributed by atoms with van der Waals surface area (Å²) >= 11 is 0. The third-order valence-electron chi connectivity index (χ3n) is 9.80. The van der Waals surface area contributed by atoms with Gasteiger partial charge in [0, 0.05) is 71.1 Å². The Bertz CT molecular complexity index is 1640. The van der Waals surface area contributed by atoms with E-state index in [1.165, 1.54) is 37.1 Å². The summed E-state index contributed by atoms with van der Waals surface area (Å²) in [6.07, 6.45) is -3.37. The van der Waals surface area contributed by atoms with E-state index in [0.29, 0.717) is 51.6 Å². The molecule has 0 saturated carbocycles. The minimum Gasteiger partial charge on any atom is -0.378 e. The van der Waals surface area contributed by atoms with Crippen LogP contribution in [-0.4, -0.2) is 122 Å². The van der Waals surface area contributed by atoms with Crippen molar-refractivity contribution in [3.05, 3.63) is 59.6 Å². The van der Waals surface area contributed by atoms with Crippen LogP contribution in [0.5, 0.6) is 0 Å². The summed E-state index contributed by atoms with van der Waals surface area (Å²) in [4.78, 5) is 39.9. The van der Waals surface area contributed by atoms with Crippen LogP contribution >= 0.6 is 0 Å². The molecule has 3 saturated heterocycles. The third-order valence-corrected chi connectivity index (χ3v) is 9.80. The Morgan fingerprint density at radius 3 is 2.73 bits per heavy atom. The summed E-state index contributed by atoms with van der Waals surface area (Å²) < 4.78 is 62.8. The number of aryl methyl sites for hydroxylation is 1. The molecule has 2 atom stereocenters. The van der Waals surface area contributed by atoms with Gasteiger partial charge in [0.05, 0.1) is 35.7 Å². The maximum Gasteiger partial charge on any atom is 0.417 e. The number of pyridine rings is 1. The number of hydrogen-bond donors (Lipinski definition) is 1. The van der Waals surface area contributed by atoms with Crippen molar-refractivity contribution in [3.63, 3.8) is 0 Å². The number of rotatable bonds is 6. The monoisotopic (exact) mass is 670 g/mol. The van der Waals surface area contributed by atoms with Crippen LogP contribution in [0.2, 0.25) is 0 Å². The molecule has 0 bridgehead atoms. The van der Waals surface area contributed by atoms with E-state index < -0.39 is 35.1 Å². The SMILES string of the molecule is C=CC(=O)N1CC2(CN(CCN3CC[C@H](Nc4nc(C)cc(C(F)(F)F)c4C#N)C(=O)N(C)c4cccc(F)c43)C[C@@H]3COCCN32)C1. The highest BCUT2D eigenvalue weighted by Crippen LogP contribution is 2.38. The molecule has 3 fully saturated rings. The van der Waals surface area contributed by atoms with Gasteiger partial charge in [-0.2, -0.15) is 18.4 Å². The molecule has 2 amide bonds. The zero-order valence-electron chi connectivity index (χ0n) is 26.9. The molecule has 1 aromatic carbocycles. The number of fused-ring (bicyclic) bond motifs is 3. The lowest BCUT2D eigenvalue weighted by atomic mass is 9.82. The fraction of sp³-hybridized carbons (Fsp3) is 0.515. The molecule has 6 rings (SSSR count). The van der Waals surface area contributed by atoms with Gasteiger partial charge in [-0.3, -0.25) is 19.4 Å². The summed E-state index contributed by atoms with van der Waals surface area (Å²) in [5, 5.41) is 12.5. The van der Waals surface area contributed by atoms with Gasteiger partial charge in [0.15, 0.2) is 0 Å². The summed E-state index contributed by atoms with van der Waals surface area (Å²) in [5.74, 6) is -1.43. The number of carbonyl (C=O) groups excluding carboxylic acids is 2. The number of halogens is 4. The van der Waals surface area contributed by atoms with Crippen molar-refractivity contribution in [1.82, 2.24) is 19.7 Å². The molecule has 1 aromatic heterocycles. The second-order valence-corrected chi connectivity index (χ2v) is 12.9. The zero-order valence-corrected chi connectivity index (χ0v) is 26.9. The van der Waals surface area contributed by atoms with E-state index in [0.717, 1.165) is 19.2 Å². The molecule has 15 heteroatoms. The number of morpholine rings is 1. The van der Waals surface area contributed by atoms with Crippen LogP contribution in [0.3, 0.4) is 0 Å². The van der Waals surface area contributed by atoms with Crippen molar-refractivity contribution in [2.24, 2.45) is 0 Å². The van der Waals surface area contributed by atoms with Crippen molar-refractivity contribution in [2.75, 3.05) is 87.7 Å². The number of carbonyl (C=O) groups is 2. The summed E-state index contributed by atoms with van der Waals surface area (Å²) in [5.41, 5.74) is -1.43. The van der Waals surface area contributed by atoms with Gasteiger partial charge in [-0.05, 0) is 37.6 Å². The second-order valence-electron chi connectivity index (χ2n) is 12.9. The maximum absolute atomic E-state index is 15.6. The summed E-state index contributed by atoms with van der Waals surface area (Å²) in [6.45, 7) is 10.7. The number of ether oxygens (including phenoxy) is 1. The number of aromatic nitrogens is 1. The molecular weight excluding hydrogens is 632 g/mol. The molecule has 256 valence electrons. The molecule has 0 radical (unpaired) electrons. The molecule has 5 heterocycles. The first-order valence-electron chi connectivity index (χ1n) is 15.9. The Labute approximate surface area is 276 Å². The highest BCUT2D eigenvalue weighted by atomic mass is 19.4. The second kappa shape index (κ2) is 13.0. The first-order chi connectivity index (χ1) is 22.8. The van der Waals surface area contributed by atoms with Gasteiger partial charge in [0.25, 0.3) is 0 Å². The third kappa shape index (κ3) is 6.20. The van der Waals surface area contributed by atoms with Crippen molar-refractivity contribution in [3.8, 4) is 6.07 Å². The number of likely N-dealkylation sites (tertiary alicyclic amines) is 1. The quantitative estimate of drug-likeness (QED) is 0.367. The number of likely N-dealkylation sites (N-methyl/N-ethyl adjacent to an activating group) is 1. The normalized spacial score (nSPS) is 23.0. The number of nitrogens with zero attached hydrogens (tertiary/aromatic N) is 7. The lowest BCUT2D eigenvalue weighted by molar-refractivity contribution is -0.173. The number of piperazine rings is 1. The number of para-hydroxylation sites is 1. The Morgan fingerprint density at radius 1 is 1.25 bits per heavy atom. The molecular formula is C33H38F4N8O3. The number of benzene rings is 1. The van der Waals surface area contributed by atoms with E-state index in [-0.39, 0.29) is 47.7 Å². The predicted octanol–water partition coefficient (Wildman–Crippen LogP) is 2.86. The maximum atomic E-state index is 15.6. The number of nitrogens with one attached hydrogen (secondary N) is 1. The van der Waals surface area contributed by atoms with Gasteiger partial charge in [-0.25, -0.2) is 9.37 Å². The molecule has 0 aliphatic carbocycles. The zero-order chi connectivity index (χ0) is 34.4. The first-order valence-corrected chi connectivity index (χ1v) is 15.9. The number of hydrogen-bond acceptors (Lipinski definition) is 9. The number of anilines is 3. The Balaban J connectivity index is 1.25. The highest BCUT2D eigenvalue weighted by Gasteiger charge is 2.55. The van der Waals surface area contributed by atoms with Crippen molar-refractivity contribution >= 4 is 29.0 Å². The minimum atomic E-state index is -4.79. The standard InChI is InChI=1S/C33H38F4N8O3/c1-4-28(46)44-19-32(20-44)18-42(16-22-17-48-13-12-45(22)32)10-11-43-9-8-26(31(47)41(3)27-7-5-6-25(34)29(27)43)40-30-23(15-38)24(33(35,36)37)14-21(2)39-30/h4-7,14,22,26H,1,8-13,16-20H2,2-3H3,(H,39,40)/t22-,26+/m1/s1. The van der Waals surface area contributed by atoms with Crippen LogP contribution in [0.4, 0.5) is 34.8 Å². The largest absolute Gasteiger partial charge is 0.417 e. The number of amides is 2. The number of nitriles is 1. The van der Waals surface area contributed by atoms with E-state index in [9.17, 15) is 28.0 Å². The lowest BCUT2D eigenvalue weighted by Gasteiger charge is -2.63. The van der Waals surface area contributed by atoms with Gasteiger partial charge in [0.2, 0.25) is 11.8 Å². The van der Waals surface area contributed by atoms with E-state index in [4.69, 9.17) is 4.74 Å². The number of alkyl halides is 3. The average Bonchev–Trinajstić information content (AvgIpc) is 3.04. The van der Waals surface area contributed by atoms with Crippen LogP contribution in [0.1, 0.15) is 23.2 Å². The molecule has 1 N–H and O–H groups in total. The summed E-state index contributed by atoms with van der Waals surface area (Å²) in [7, 11) is 1.49. The Morgan fingerprint density at radius 2 is 2.02 bits per heavy atom. The molecule has 4 aliphatic heterocycles. The van der Waals surface area contributed by atoms with Crippen LogP contribution in [0, 0.1) is 24.1 Å². The molecule has 0 unspecified atom stereocenters. The van der Waals surface area contributed by atoms with Gasteiger partial charge < -0.3 is 24.8 Å². The van der Waals surface area contributed by atoms with Crippen molar-refractivity contribution in [2.45, 2.75) is 37.1 Å². The average molecular weight is 671 g/mol. The van der Waals surface area contributed by atoms with Crippen molar-refractivity contribution in [1.29, 1.82) is 5.26 Å². The molecule has 48 heavy (non-hydrogen) atoms. The van der Waals surface area contributed by atoms with Crippen LogP contribution in [0.15, 0.2) is 36.9 Å². The fourth-order valence-corrected chi connectivity index (χ4v) is 7.56. The van der Waals surface area contributed by atoms with E-state index in [1.54, 1.807) is 17.0 Å². The smallest absolute Gasteiger partial charge is 0.378 e. The van der Waals surface area contributed by atoms with Crippen LogP contribution in [-0.2, 0) is 20.5 Å². The fourth-order valence-electron chi connectivity index (χ4n) is 7.56. The first kappa shape index (κ1) is 33.6. The van der Waals surface area contributed by atoms with Gasteiger partial charge >= 0.3 is 6.18 Å². The van der Waals surface area contributed by atoms with E-state index in [1.807, 2.05) is 4.90 Å². The van der Waals surface area contributed by atoms with Gasteiger partial charge in [-0.1, -0.05) is 12.6 Å². The Hall–Kier alpha value is -4.26. The van der Waals surface area contributed by atoms with Crippen LogP contribution < -0.4 is 15.1 Å². The van der Waals surface area contributed by atoms with E-state index >= 15 is 4.39 Å². The molecule has 2 aromatic rings. The predicted molar refractivity (Wildman–Crippen MR) is 170 cm³/mol. The Kier molecular flexibility index (Phi) is 9.10. The van der Waals surface area contributed by atoms with Gasteiger partial charge in [0.1, 0.15) is 29.3 Å². The topological polar surface area (TPSA) is 108 Å². The lowest BCUT2D eigenvalue weighted by Crippen LogP contribution is -2.81. The van der Waals surface area contributed by atoms with Gasteiger partial charge in [-0.15, -0.1) is 0 Å². The molecule has 1 spiro atoms. The van der Waals surface area contributed by atoms with E-state index in [2.05, 4.69) is 26.7 Å². The molecule has 11 nitrogen and oxygen atoms in total. The summed E-state index contributed by atoms with van der Waals surface area (Å²) in [6, 6.07) is 5.97. The minimum absolute atomic E-state index is 0.0363. The van der Waals surface area contributed by atoms with Crippen LogP contribution in [0.25, 0.3) is 0 Å². The highest BCUT2D eigenvalue weighted by molar-refractivity contribution is 6.01. The molecule has 4 aliphatic rings. The van der Waals surface area contributed by atoms with Crippen molar-refractivity contribution < 1.29 is 31.9 Å².